The van der Waals surface area contributed by atoms with Gasteiger partial charge in [-0.2, -0.15) is 16.1 Å². The Morgan fingerprint density at radius 1 is 1.08 bits per heavy atom. The van der Waals surface area contributed by atoms with Crippen LogP contribution in [0.25, 0.3) is 0 Å². The Hall–Kier alpha value is -1.50. The van der Waals surface area contributed by atoms with Crippen molar-refractivity contribution < 1.29 is 13.2 Å². The third-order valence-electron chi connectivity index (χ3n) is 4.53. The molecule has 1 saturated heterocycles. The summed E-state index contributed by atoms with van der Waals surface area (Å²) in [4.78, 5) is 0.327. The molecule has 0 N–H and O–H groups in total. The number of hydrogen-bond acceptors (Lipinski definition) is 4. The zero-order chi connectivity index (χ0) is 17.9. The van der Waals surface area contributed by atoms with Gasteiger partial charge in [0, 0.05) is 24.1 Å². The standard InChI is InChI=1S/C19H23NO3S2/c1-15-5-3-4-6-18(15)19-11-12-20(13-14-24-19)25(21,22)17-9-7-16(23-2)8-10-17/h3-10,19H,11-14H2,1-2H3. The monoisotopic (exact) mass is 377 g/mol. The average molecular weight is 378 g/mol. The summed E-state index contributed by atoms with van der Waals surface area (Å²) in [7, 11) is -1.89. The molecule has 0 bridgehead atoms. The second kappa shape index (κ2) is 7.81. The molecule has 0 amide bonds. The number of hydrogen-bond donors (Lipinski definition) is 0. The summed E-state index contributed by atoms with van der Waals surface area (Å²) >= 11 is 1.85. The number of thioether (sulfide) groups is 1. The second-order valence-electron chi connectivity index (χ2n) is 6.08. The van der Waals surface area contributed by atoms with Crippen molar-refractivity contribution in [2.45, 2.75) is 23.5 Å². The Morgan fingerprint density at radius 3 is 2.48 bits per heavy atom. The van der Waals surface area contributed by atoms with Crippen molar-refractivity contribution in [2.24, 2.45) is 0 Å². The molecule has 1 unspecified atom stereocenters. The first-order chi connectivity index (χ1) is 12.0. The molecule has 2 aromatic carbocycles. The SMILES string of the molecule is COc1ccc(S(=O)(=O)N2CCSC(c3ccccc3C)CC2)cc1. The molecule has 0 aliphatic carbocycles. The molecule has 0 radical (unpaired) electrons. The minimum absolute atomic E-state index is 0.327. The van der Waals surface area contributed by atoms with Gasteiger partial charge in [0.15, 0.2) is 0 Å². The van der Waals surface area contributed by atoms with Crippen molar-refractivity contribution in [3.8, 4) is 5.75 Å². The number of methoxy groups -OCH3 is 1. The van der Waals surface area contributed by atoms with Gasteiger partial charge in [-0.3, -0.25) is 0 Å². The number of rotatable bonds is 4. The number of ether oxygens (including phenoxy) is 1. The van der Waals surface area contributed by atoms with Crippen molar-refractivity contribution in [3.05, 3.63) is 59.7 Å². The summed E-state index contributed by atoms with van der Waals surface area (Å²) in [5.74, 6) is 1.46. The van der Waals surface area contributed by atoms with Crippen LogP contribution in [-0.4, -0.2) is 38.7 Å². The van der Waals surface area contributed by atoms with Crippen LogP contribution in [0.3, 0.4) is 0 Å². The van der Waals surface area contributed by atoms with Gasteiger partial charge in [-0.1, -0.05) is 24.3 Å². The Bertz CT molecular complexity index is 819. The Balaban J connectivity index is 1.76. The molecular weight excluding hydrogens is 354 g/mol. The number of sulfonamides is 1. The average Bonchev–Trinajstić information content (AvgIpc) is 2.89. The van der Waals surface area contributed by atoms with Crippen LogP contribution >= 0.6 is 11.8 Å². The molecule has 1 aliphatic heterocycles. The minimum atomic E-state index is -3.46. The van der Waals surface area contributed by atoms with E-state index in [0.29, 0.717) is 29.0 Å². The fourth-order valence-electron chi connectivity index (χ4n) is 3.08. The van der Waals surface area contributed by atoms with Gasteiger partial charge in [0.1, 0.15) is 5.75 Å². The van der Waals surface area contributed by atoms with Gasteiger partial charge in [0.05, 0.1) is 12.0 Å². The quantitative estimate of drug-likeness (QED) is 0.811. The second-order valence-corrected chi connectivity index (χ2v) is 9.33. The van der Waals surface area contributed by atoms with Crippen LogP contribution < -0.4 is 4.74 Å². The molecule has 134 valence electrons. The third-order valence-corrected chi connectivity index (χ3v) is 7.76. The van der Waals surface area contributed by atoms with E-state index < -0.39 is 10.0 Å². The highest BCUT2D eigenvalue weighted by Gasteiger charge is 2.28. The lowest BCUT2D eigenvalue weighted by atomic mass is 10.0. The van der Waals surface area contributed by atoms with E-state index in [1.807, 2.05) is 17.8 Å². The highest BCUT2D eigenvalue weighted by atomic mass is 32.2. The van der Waals surface area contributed by atoms with Crippen molar-refractivity contribution in [1.29, 1.82) is 0 Å². The summed E-state index contributed by atoms with van der Waals surface area (Å²) in [5, 5.41) is 0.345. The fourth-order valence-corrected chi connectivity index (χ4v) is 5.98. The van der Waals surface area contributed by atoms with E-state index in [0.717, 1.165) is 12.2 Å². The first-order valence-corrected chi connectivity index (χ1v) is 10.8. The molecule has 3 rings (SSSR count). The molecule has 0 aromatic heterocycles. The number of aryl methyl sites for hydroxylation is 1. The molecule has 0 spiro atoms. The Kier molecular flexibility index (Phi) is 5.71. The molecule has 0 saturated carbocycles. The van der Waals surface area contributed by atoms with Crippen LogP contribution in [-0.2, 0) is 10.0 Å². The molecule has 6 heteroatoms. The summed E-state index contributed by atoms with van der Waals surface area (Å²) in [5.41, 5.74) is 2.59. The largest absolute Gasteiger partial charge is 0.497 e. The topological polar surface area (TPSA) is 46.6 Å². The molecule has 2 aromatic rings. The number of nitrogens with zero attached hydrogens (tertiary/aromatic N) is 1. The molecule has 4 nitrogen and oxygen atoms in total. The van der Waals surface area contributed by atoms with Gasteiger partial charge in [0.2, 0.25) is 10.0 Å². The zero-order valence-corrected chi connectivity index (χ0v) is 16.1. The molecule has 1 fully saturated rings. The lowest BCUT2D eigenvalue weighted by molar-refractivity contribution is 0.413. The molecule has 1 aliphatic rings. The van der Waals surface area contributed by atoms with Gasteiger partial charge in [-0.05, 0) is 48.7 Å². The van der Waals surface area contributed by atoms with Crippen LogP contribution in [0, 0.1) is 6.92 Å². The van der Waals surface area contributed by atoms with Gasteiger partial charge in [-0.25, -0.2) is 8.42 Å². The Morgan fingerprint density at radius 2 is 1.80 bits per heavy atom. The summed E-state index contributed by atoms with van der Waals surface area (Å²) in [6.07, 6.45) is 0.824. The maximum Gasteiger partial charge on any atom is 0.243 e. The van der Waals surface area contributed by atoms with E-state index in [1.165, 1.54) is 11.1 Å². The number of benzene rings is 2. The van der Waals surface area contributed by atoms with Gasteiger partial charge < -0.3 is 4.74 Å². The summed E-state index contributed by atoms with van der Waals surface area (Å²) in [6, 6.07) is 15.0. The predicted octanol–water partition coefficient (Wildman–Crippen LogP) is 3.87. The maximum atomic E-state index is 12.9. The Labute approximate surface area is 154 Å². The first kappa shape index (κ1) is 18.3. The highest BCUT2D eigenvalue weighted by Crippen LogP contribution is 2.37. The van der Waals surface area contributed by atoms with Gasteiger partial charge in [0.25, 0.3) is 0 Å². The molecule has 1 atom stereocenters. The first-order valence-electron chi connectivity index (χ1n) is 8.33. The van der Waals surface area contributed by atoms with Crippen molar-refractivity contribution in [2.75, 3.05) is 26.0 Å². The van der Waals surface area contributed by atoms with E-state index in [2.05, 4.69) is 25.1 Å². The van der Waals surface area contributed by atoms with Gasteiger partial charge >= 0.3 is 0 Å². The van der Waals surface area contributed by atoms with E-state index in [4.69, 9.17) is 4.74 Å². The highest BCUT2D eigenvalue weighted by molar-refractivity contribution is 7.99. The normalized spacial score (nSPS) is 19.4. The van der Waals surface area contributed by atoms with E-state index >= 15 is 0 Å². The van der Waals surface area contributed by atoms with E-state index in [1.54, 1.807) is 35.7 Å². The molecule has 25 heavy (non-hydrogen) atoms. The van der Waals surface area contributed by atoms with Gasteiger partial charge in [-0.15, -0.1) is 0 Å². The summed E-state index contributed by atoms with van der Waals surface area (Å²) < 4.78 is 32.6. The smallest absolute Gasteiger partial charge is 0.243 e. The zero-order valence-electron chi connectivity index (χ0n) is 14.5. The van der Waals surface area contributed by atoms with Crippen molar-refractivity contribution in [1.82, 2.24) is 4.31 Å². The van der Waals surface area contributed by atoms with E-state index in [-0.39, 0.29) is 0 Å². The minimum Gasteiger partial charge on any atom is -0.497 e. The van der Waals surface area contributed by atoms with Crippen LogP contribution in [0.1, 0.15) is 22.8 Å². The lowest BCUT2D eigenvalue weighted by Gasteiger charge is -2.20. The molecular formula is C19H23NO3S2. The third kappa shape index (κ3) is 4.02. The van der Waals surface area contributed by atoms with Crippen LogP contribution in [0.4, 0.5) is 0 Å². The van der Waals surface area contributed by atoms with Crippen LogP contribution in [0.2, 0.25) is 0 Å². The van der Waals surface area contributed by atoms with Crippen molar-refractivity contribution in [3.63, 3.8) is 0 Å². The van der Waals surface area contributed by atoms with Crippen molar-refractivity contribution >= 4 is 21.8 Å². The van der Waals surface area contributed by atoms with Crippen LogP contribution in [0.15, 0.2) is 53.4 Å². The fraction of sp³-hybridized carbons (Fsp3) is 0.368. The lowest BCUT2D eigenvalue weighted by Crippen LogP contribution is -2.33. The summed E-state index contributed by atoms with van der Waals surface area (Å²) in [6.45, 7) is 3.20. The van der Waals surface area contributed by atoms with Crippen LogP contribution in [0.5, 0.6) is 5.75 Å². The molecule has 1 heterocycles. The predicted molar refractivity (Wildman–Crippen MR) is 103 cm³/mol. The van der Waals surface area contributed by atoms with E-state index in [9.17, 15) is 8.42 Å². The maximum absolute atomic E-state index is 12.9.